The molecule has 1 fully saturated rings. The number of phenolic OH excluding ortho intramolecular Hbond substituents is 1. The first-order valence-corrected chi connectivity index (χ1v) is 14.4. The highest BCUT2D eigenvalue weighted by Crippen LogP contribution is 2.52. The van der Waals surface area contributed by atoms with Gasteiger partial charge in [-0.2, -0.15) is 0 Å². The van der Waals surface area contributed by atoms with Gasteiger partial charge in [-0.05, 0) is 60.7 Å². The molecule has 4 aliphatic rings. The number of Topliss-reactive ketones (excluding diaryl/α,β-unsaturated/α-hetero) is 2. The highest BCUT2D eigenvalue weighted by Gasteiger charge is 2.59. The van der Waals surface area contributed by atoms with Crippen LogP contribution in [0.2, 0.25) is 0 Å². The number of rotatable bonds is 5. The third-order valence-corrected chi connectivity index (χ3v) is 9.53. The van der Waals surface area contributed by atoms with Crippen molar-refractivity contribution in [3.8, 4) is 22.6 Å². The Hall–Kier alpha value is -4.19. The van der Waals surface area contributed by atoms with Crippen LogP contribution in [0.1, 0.15) is 34.3 Å². The van der Waals surface area contributed by atoms with Crippen molar-refractivity contribution >= 4 is 17.5 Å². The van der Waals surface area contributed by atoms with Crippen LogP contribution in [0.3, 0.4) is 0 Å². The maximum Gasteiger partial charge on any atom is 0.255 e. The molecular formula is C32H35N3O8. The monoisotopic (exact) mass is 589 g/mol. The molecule has 226 valence electrons. The number of primary amides is 1. The highest BCUT2D eigenvalue weighted by molar-refractivity contribution is 6.24. The maximum atomic E-state index is 13.9. The van der Waals surface area contributed by atoms with Gasteiger partial charge in [0, 0.05) is 56.2 Å². The number of piperazine rings is 1. The Morgan fingerprint density at radius 1 is 1.07 bits per heavy atom. The van der Waals surface area contributed by atoms with E-state index in [1.54, 1.807) is 13.2 Å². The van der Waals surface area contributed by atoms with Crippen LogP contribution in [0, 0.1) is 11.8 Å². The van der Waals surface area contributed by atoms with Crippen LogP contribution < -0.4 is 10.5 Å². The Kier molecular flexibility index (Phi) is 7.07. The molecule has 3 aliphatic carbocycles. The second-order valence-corrected chi connectivity index (χ2v) is 12.0. The first kappa shape index (κ1) is 28.9. The molecular weight excluding hydrogens is 554 g/mol. The zero-order valence-electron chi connectivity index (χ0n) is 24.1. The summed E-state index contributed by atoms with van der Waals surface area (Å²) in [4.78, 5) is 43.6. The standard InChI is InChI=1S/C32H35N3O8/c1-34-7-9-35(10-8-34)15-18-11-16(3-6-24(18)43-2)20-4-5-22(36)26-21(20)13-17-12-19-14-23(37)27(31(33)41)30(40)32(19,42)29(39)25(17)28(26)38/h3-6,11,17,19,36-37,39,42H,7-10,12-15H2,1-2H3,(H2,33,41)/t17-,19+,32+/m1/s1. The highest BCUT2D eigenvalue weighted by atomic mass is 16.5. The quantitative estimate of drug-likeness (QED) is 0.325. The number of amides is 1. The molecule has 0 radical (unpaired) electrons. The number of ether oxygens (including phenoxy) is 1. The van der Waals surface area contributed by atoms with Crippen molar-refractivity contribution < 1.29 is 39.5 Å². The van der Waals surface area contributed by atoms with Crippen molar-refractivity contribution in [1.29, 1.82) is 0 Å². The Morgan fingerprint density at radius 2 is 1.79 bits per heavy atom. The lowest BCUT2D eigenvalue weighted by Gasteiger charge is -2.45. The molecule has 0 spiro atoms. The summed E-state index contributed by atoms with van der Waals surface area (Å²) in [6.45, 7) is 4.48. The van der Waals surface area contributed by atoms with Gasteiger partial charge >= 0.3 is 0 Å². The van der Waals surface area contributed by atoms with Gasteiger partial charge in [-0.25, -0.2) is 0 Å². The number of nitrogens with zero attached hydrogens (tertiary/aromatic N) is 2. The van der Waals surface area contributed by atoms with Crippen molar-refractivity contribution in [3.05, 3.63) is 69.7 Å². The molecule has 3 atom stereocenters. The second kappa shape index (κ2) is 10.5. The van der Waals surface area contributed by atoms with Gasteiger partial charge in [0.1, 0.15) is 28.6 Å². The molecule has 0 bridgehead atoms. The third kappa shape index (κ3) is 4.50. The topological polar surface area (TPSA) is 174 Å². The summed E-state index contributed by atoms with van der Waals surface area (Å²) in [6.07, 6.45) is 0.0453. The Balaban J connectivity index is 1.41. The van der Waals surface area contributed by atoms with Crippen LogP contribution in [0.5, 0.6) is 11.5 Å². The Bertz CT molecular complexity index is 1620. The molecule has 1 heterocycles. The van der Waals surface area contributed by atoms with E-state index in [1.807, 2.05) is 18.2 Å². The first-order valence-electron chi connectivity index (χ1n) is 14.4. The molecule has 2 aromatic rings. The summed E-state index contributed by atoms with van der Waals surface area (Å²) in [5, 5.41) is 44.0. The number of aromatic hydroxyl groups is 1. The van der Waals surface area contributed by atoms with E-state index in [2.05, 4.69) is 16.8 Å². The predicted molar refractivity (Wildman–Crippen MR) is 156 cm³/mol. The van der Waals surface area contributed by atoms with Crippen LogP contribution in [-0.4, -0.2) is 93.6 Å². The van der Waals surface area contributed by atoms with Gasteiger partial charge in [-0.15, -0.1) is 0 Å². The summed E-state index contributed by atoms with van der Waals surface area (Å²) in [5.74, 6) is -5.70. The van der Waals surface area contributed by atoms with E-state index in [4.69, 9.17) is 10.5 Å². The maximum absolute atomic E-state index is 13.9. The fourth-order valence-electron chi connectivity index (χ4n) is 7.21. The van der Waals surface area contributed by atoms with Crippen molar-refractivity contribution in [2.24, 2.45) is 17.6 Å². The summed E-state index contributed by atoms with van der Waals surface area (Å²) in [6, 6.07) is 9.01. The van der Waals surface area contributed by atoms with Crippen LogP contribution in [0.4, 0.5) is 0 Å². The number of aliphatic hydroxyl groups is 3. The molecule has 0 unspecified atom stereocenters. The number of likely N-dealkylation sites (N-methyl/N-ethyl adjacent to an activating group) is 1. The first-order chi connectivity index (χ1) is 20.4. The minimum Gasteiger partial charge on any atom is -0.511 e. The molecule has 0 saturated carbocycles. The minimum atomic E-state index is -2.59. The lowest BCUT2D eigenvalue weighted by atomic mass is 9.60. The zero-order chi connectivity index (χ0) is 30.8. The molecule has 2 aromatic carbocycles. The van der Waals surface area contributed by atoms with Gasteiger partial charge in [0.2, 0.25) is 5.78 Å². The number of ketones is 2. The number of fused-ring (bicyclic) bond motifs is 3. The van der Waals surface area contributed by atoms with Gasteiger partial charge in [0.15, 0.2) is 11.4 Å². The van der Waals surface area contributed by atoms with E-state index in [0.717, 1.165) is 48.6 Å². The van der Waals surface area contributed by atoms with E-state index in [1.165, 1.54) is 6.07 Å². The number of carbonyl (C=O) groups is 3. The predicted octanol–water partition coefficient (Wildman–Crippen LogP) is 2.00. The van der Waals surface area contributed by atoms with Gasteiger partial charge in [0.05, 0.1) is 12.7 Å². The van der Waals surface area contributed by atoms with Gasteiger partial charge in [-0.3, -0.25) is 19.3 Å². The lowest BCUT2D eigenvalue weighted by molar-refractivity contribution is -0.144. The van der Waals surface area contributed by atoms with Crippen molar-refractivity contribution in [2.45, 2.75) is 31.4 Å². The average Bonchev–Trinajstić information content (AvgIpc) is 2.96. The van der Waals surface area contributed by atoms with Gasteiger partial charge in [-0.1, -0.05) is 12.1 Å². The van der Waals surface area contributed by atoms with Crippen molar-refractivity contribution in [2.75, 3.05) is 40.3 Å². The summed E-state index contributed by atoms with van der Waals surface area (Å²) >= 11 is 0. The van der Waals surface area contributed by atoms with Crippen LogP contribution in [0.15, 0.2) is 53.0 Å². The fraction of sp³-hybridized carbons (Fsp3) is 0.406. The number of aliphatic hydroxyl groups excluding tert-OH is 2. The summed E-state index contributed by atoms with van der Waals surface area (Å²) in [7, 11) is 3.73. The molecule has 6 N–H and O–H groups in total. The van der Waals surface area contributed by atoms with Crippen LogP contribution in [0.25, 0.3) is 11.1 Å². The average molecular weight is 590 g/mol. The van der Waals surface area contributed by atoms with Gasteiger partial charge < -0.3 is 35.8 Å². The minimum absolute atomic E-state index is 0.00874. The zero-order valence-corrected chi connectivity index (χ0v) is 24.1. The molecule has 11 heteroatoms. The Morgan fingerprint density at radius 3 is 2.47 bits per heavy atom. The van der Waals surface area contributed by atoms with Crippen molar-refractivity contribution in [3.63, 3.8) is 0 Å². The molecule has 11 nitrogen and oxygen atoms in total. The van der Waals surface area contributed by atoms with E-state index >= 15 is 0 Å². The Labute approximate surface area is 248 Å². The van der Waals surface area contributed by atoms with Gasteiger partial charge in [0.25, 0.3) is 5.91 Å². The van der Waals surface area contributed by atoms with E-state index < -0.39 is 52.0 Å². The molecule has 43 heavy (non-hydrogen) atoms. The number of phenols is 1. The fourth-order valence-corrected chi connectivity index (χ4v) is 7.21. The van der Waals surface area contributed by atoms with E-state index in [0.29, 0.717) is 12.1 Å². The number of hydrogen-bond acceptors (Lipinski definition) is 10. The second-order valence-electron chi connectivity index (χ2n) is 12.0. The number of nitrogens with two attached hydrogens (primary N) is 1. The SMILES string of the molecule is COc1ccc(-c2ccc(O)c3c2C[C@H]2C[C@H]4CC(O)=C(C(N)=O)C(=O)[C@@]4(O)C(O)=C2C3=O)cc1CN1CCN(C)CC1. The molecule has 1 amide bonds. The van der Waals surface area contributed by atoms with Crippen molar-refractivity contribution in [1.82, 2.24) is 9.80 Å². The molecule has 0 aromatic heterocycles. The smallest absolute Gasteiger partial charge is 0.255 e. The van der Waals surface area contributed by atoms with E-state index in [9.17, 15) is 34.8 Å². The summed E-state index contributed by atoms with van der Waals surface area (Å²) < 4.78 is 5.66. The molecule has 6 rings (SSSR count). The number of benzene rings is 2. The normalized spacial score (nSPS) is 26.2. The lowest BCUT2D eigenvalue weighted by Crippen LogP contribution is -2.57. The van der Waals surface area contributed by atoms with Crippen LogP contribution in [-0.2, 0) is 22.6 Å². The van der Waals surface area contributed by atoms with E-state index in [-0.39, 0.29) is 36.1 Å². The van der Waals surface area contributed by atoms with Crippen LogP contribution >= 0.6 is 0 Å². The summed E-state index contributed by atoms with van der Waals surface area (Å²) in [5.41, 5.74) is 4.86. The third-order valence-electron chi connectivity index (χ3n) is 9.53. The number of allylic oxidation sites excluding steroid dienone is 2. The largest absolute Gasteiger partial charge is 0.511 e. The number of methoxy groups -OCH3 is 1. The number of hydrogen-bond donors (Lipinski definition) is 5. The molecule has 1 saturated heterocycles. The molecule has 1 aliphatic heterocycles. The number of carbonyl (C=O) groups excluding carboxylic acids is 3.